The molecule has 1 saturated heterocycles. The summed E-state index contributed by atoms with van der Waals surface area (Å²) in [4.78, 5) is 13.9. The Bertz CT molecular complexity index is 265. The van der Waals surface area contributed by atoms with Crippen molar-refractivity contribution in [2.45, 2.75) is 38.4 Å². The Balaban J connectivity index is 2.05. The van der Waals surface area contributed by atoms with Crippen molar-refractivity contribution in [2.75, 3.05) is 26.2 Å². The normalized spacial score (nSPS) is 33.1. The second-order valence-electron chi connectivity index (χ2n) is 5.57. The molecule has 4 nitrogen and oxygen atoms in total. The molecule has 1 unspecified atom stereocenters. The molecule has 0 aromatic carbocycles. The van der Waals surface area contributed by atoms with E-state index in [4.69, 9.17) is 0 Å². The molecule has 2 rings (SSSR count). The number of nitrogens with one attached hydrogen (secondary N) is 2. The van der Waals surface area contributed by atoms with E-state index in [1.54, 1.807) is 0 Å². The van der Waals surface area contributed by atoms with Gasteiger partial charge >= 0.3 is 0 Å². The topological polar surface area (TPSA) is 44.4 Å². The first kappa shape index (κ1) is 11.0. The highest BCUT2D eigenvalue weighted by molar-refractivity contribution is 6.04. The van der Waals surface area contributed by atoms with Gasteiger partial charge in [0.1, 0.15) is 5.66 Å². The number of Topliss-reactive ketones (excluding diaryl/α,β-unsaturated/α-hetero) is 1. The molecule has 0 bridgehead atoms. The average molecular weight is 211 g/mol. The number of carbonyl (C=O) groups is 1. The van der Waals surface area contributed by atoms with Crippen molar-refractivity contribution in [3.05, 3.63) is 0 Å². The van der Waals surface area contributed by atoms with Crippen molar-refractivity contribution in [1.29, 1.82) is 0 Å². The third kappa shape index (κ3) is 2.22. The molecule has 4 heteroatoms. The molecule has 0 radical (unpaired) electrons. The summed E-state index contributed by atoms with van der Waals surface area (Å²) < 4.78 is 0. The maximum absolute atomic E-state index is 11.7. The first-order valence-corrected chi connectivity index (χ1v) is 5.72. The Morgan fingerprint density at radius 2 is 1.87 bits per heavy atom. The van der Waals surface area contributed by atoms with Crippen molar-refractivity contribution >= 4 is 5.78 Å². The first-order valence-electron chi connectivity index (χ1n) is 5.72. The number of nitrogens with zero attached hydrogens (tertiary/aromatic N) is 1. The molecule has 2 aliphatic rings. The van der Waals surface area contributed by atoms with Crippen molar-refractivity contribution < 1.29 is 4.79 Å². The molecule has 0 aromatic rings. The molecule has 1 aliphatic heterocycles. The van der Waals surface area contributed by atoms with Gasteiger partial charge in [0.25, 0.3) is 0 Å². The zero-order valence-corrected chi connectivity index (χ0v) is 9.89. The van der Waals surface area contributed by atoms with E-state index in [-0.39, 0.29) is 11.2 Å². The largest absolute Gasteiger partial charge is 0.314 e. The molecule has 0 aromatic heterocycles. The van der Waals surface area contributed by atoms with Crippen molar-refractivity contribution in [2.24, 2.45) is 0 Å². The van der Waals surface area contributed by atoms with Gasteiger partial charge in [-0.3, -0.25) is 15.0 Å². The summed E-state index contributed by atoms with van der Waals surface area (Å²) in [6, 6.07) is 0. The summed E-state index contributed by atoms with van der Waals surface area (Å²) in [7, 11) is 0. The second kappa shape index (κ2) is 3.54. The van der Waals surface area contributed by atoms with Gasteiger partial charge in [-0.15, -0.1) is 0 Å². The molecular formula is C11H21N3O. The number of hydrogen-bond acceptors (Lipinski definition) is 4. The van der Waals surface area contributed by atoms with Crippen LogP contribution in [-0.2, 0) is 4.79 Å². The Morgan fingerprint density at radius 3 is 2.27 bits per heavy atom. The summed E-state index contributed by atoms with van der Waals surface area (Å²) in [6.07, 6.45) is 0.671. The van der Waals surface area contributed by atoms with Gasteiger partial charge in [0.15, 0.2) is 5.78 Å². The Morgan fingerprint density at radius 1 is 1.33 bits per heavy atom. The van der Waals surface area contributed by atoms with E-state index in [9.17, 15) is 4.79 Å². The van der Waals surface area contributed by atoms with Gasteiger partial charge < -0.3 is 5.32 Å². The van der Waals surface area contributed by atoms with Crippen LogP contribution >= 0.6 is 0 Å². The minimum absolute atomic E-state index is 0.00294. The molecule has 15 heavy (non-hydrogen) atoms. The lowest BCUT2D eigenvalue weighted by molar-refractivity contribution is -0.115. The Kier molecular flexibility index (Phi) is 2.61. The van der Waals surface area contributed by atoms with E-state index in [0.717, 1.165) is 26.2 Å². The van der Waals surface area contributed by atoms with Gasteiger partial charge in [0.2, 0.25) is 0 Å². The van der Waals surface area contributed by atoms with E-state index in [1.165, 1.54) is 0 Å². The number of ketones is 1. The van der Waals surface area contributed by atoms with E-state index in [0.29, 0.717) is 12.2 Å². The van der Waals surface area contributed by atoms with Gasteiger partial charge in [-0.25, -0.2) is 0 Å². The van der Waals surface area contributed by atoms with Crippen LogP contribution in [0.3, 0.4) is 0 Å². The molecule has 1 heterocycles. The summed E-state index contributed by atoms with van der Waals surface area (Å²) in [5.41, 5.74) is -0.336. The number of piperazine rings is 1. The van der Waals surface area contributed by atoms with Gasteiger partial charge in [-0.1, -0.05) is 0 Å². The zero-order chi connectivity index (χ0) is 11.1. The average Bonchev–Trinajstić information content (AvgIpc) is 2.76. The fourth-order valence-corrected chi connectivity index (χ4v) is 2.34. The molecule has 2 N–H and O–H groups in total. The van der Waals surface area contributed by atoms with Crippen molar-refractivity contribution in [3.8, 4) is 0 Å². The number of carbonyl (C=O) groups excluding carboxylic acids is 1. The SMILES string of the molecule is CC(C)(C)NC1(N2CCNCC2)CC1=O. The lowest BCUT2D eigenvalue weighted by atomic mass is 10.1. The summed E-state index contributed by atoms with van der Waals surface area (Å²) in [6.45, 7) is 10.2. The van der Waals surface area contributed by atoms with E-state index >= 15 is 0 Å². The minimum Gasteiger partial charge on any atom is -0.314 e. The van der Waals surface area contributed by atoms with E-state index < -0.39 is 0 Å². The fraction of sp³-hybridized carbons (Fsp3) is 0.909. The van der Waals surface area contributed by atoms with E-state index in [2.05, 4.69) is 36.3 Å². The third-order valence-electron chi connectivity index (χ3n) is 2.99. The Labute approximate surface area is 91.4 Å². The van der Waals surface area contributed by atoms with Crippen LogP contribution in [0.2, 0.25) is 0 Å². The summed E-state index contributed by atoms with van der Waals surface area (Å²) in [5, 5.41) is 6.79. The smallest absolute Gasteiger partial charge is 0.171 e. The van der Waals surface area contributed by atoms with Crippen LogP contribution in [0.1, 0.15) is 27.2 Å². The van der Waals surface area contributed by atoms with Crippen LogP contribution < -0.4 is 10.6 Å². The van der Waals surface area contributed by atoms with Gasteiger partial charge in [-0.05, 0) is 20.8 Å². The predicted molar refractivity (Wildman–Crippen MR) is 59.7 cm³/mol. The predicted octanol–water partition coefficient (Wildman–Crippen LogP) is -0.0512. The maximum atomic E-state index is 11.7. The van der Waals surface area contributed by atoms with Gasteiger partial charge in [0.05, 0.1) is 0 Å². The molecule has 2 fully saturated rings. The van der Waals surface area contributed by atoms with Crippen molar-refractivity contribution in [1.82, 2.24) is 15.5 Å². The summed E-state index contributed by atoms with van der Waals surface area (Å²) in [5.74, 6) is 0.347. The molecule has 1 aliphatic carbocycles. The first-order chi connectivity index (χ1) is 6.94. The van der Waals surface area contributed by atoms with Crippen LogP contribution in [-0.4, -0.2) is 48.1 Å². The molecule has 0 spiro atoms. The number of hydrogen-bond donors (Lipinski definition) is 2. The van der Waals surface area contributed by atoms with Crippen LogP contribution in [0.25, 0.3) is 0 Å². The highest BCUT2D eigenvalue weighted by Crippen LogP contribution is 2.36. The van der Waals surface area contributed by atoms with Crippen LogP contribution in [0.5, 0.6) is 0 Å². The molecule has 1 atom stereocenters. The molecule has 1 saturated carbocycles. The lowest BCUT2D eigenvalue weighted by Gasteiger charge is -2.38. The molecule has 86 valence electrons. The van der Waals surface area contributed by atoms with Gasteiger partial charge in [0, 0.05) is 38.1 Å². The van der Waals surface area contributed by atoms with Crippen LogP contribution in [0, 0.1) is 0 Å². The number of rotatable bonds is 2. The van der Waals surface area contributed by atoms with Crippen LogP contribution in [0.4, 0.5) is 0 Å². The highest BCUT2D eigenvalue weighted by Gasteiger charge is 2.59. The highest BCUT2D eigenvalue weighted by atomic mass is 16.1. The maximum Gasteiger partial charge on any atom is 0.171 e. The van der Waals surface area contributed by atoms with Gasteiger partial charge in [-0.2, -0.15) is 0 Å². The zero-order valence-electron chi connectivity index (χ0n) is 9.89. The summed E-state index contributed by atoms with van der Waals surface area (Å²) >= 11 is 0. The molecule has 0 amide bonds. The standard InChI is InChI=1S/C11H21N3O/c1-10(2,3)13-11(8-9(11)15)14-6-4-12-5-7-14/h12-13H,4-8H2,1-3H3. The van der Waals surface area contributed by atoms with Crippen molar-refractivity contribution in [3.63, 3.8) is 0 Å². The fourth-order valence-electron chi connectivity index (χ4n) is 2.34. The monoisotopic (exact) mass is 211 g/mol. The second-order valence-corrected chi connectivity index (χ2v) is 5.57. The molecular weight excluding hydrogens is 190 g/mol. The van der Waals surface area contributed by atoms with Crippen LogP contribution in [0.15, 0.2) is 0 Å². The Hall–Kier alpha value is -0.450. The quantitative estimate of drug-likeness (QED) is 0.672. The third-order valence-corrected chi connectivity index (χ3v) is 2.99. The van der Waals surface area contributed by atoms with E-state index in [1.807, 2.05) is 0 Å². The lowest BCUT2D eigenvalue weighted by Crippen LogP contribution is -2.60. The minimum atomic E-state index is -0.333.